The number of benzene rings is 2. The molecular formula is C60H80ClNO17. The predicted octanol–water partition coefficient (Wildman–Crippen LogP) is 7.17. The third-order valence-corrected chi connectivity index (χ3v) is 20.3. The molecule has 0 unspecified atom stereocenters. The third-order valence-electron chi connectivity index (χ3n) is 20.0. The fourth-order valence-corrected chi connectivity index (χ4v) is 15.9. The van der Waals surface area contributed by atoms with Crippen LogP contribution in [0.25, 0.3) is 10.9 Å². The summed E-state index contributed by atoms with van der Waals surface area (Å²) in [6.45, 7) is 12.1. The van der Waals surface area contributed by atoms with Crippen LogP contribution >= 0.6 is 11.6 Å². The second kappa shape index (κ2) is 23.0. The van der Waals surface area contributed by atoms with Crippen LogP contribution in [0.3, 0.4) is 0 Å². The van der Waals surface area contributed by atoms with Gasteiger partial charge in [0.15, 0.2) is 18.9 Å². The Kier molecular flexibility index (Phi) is 16.9. The minimum atomic E-state index is -0.996. The van der Waals surface area contributed by atoms with Crippen LogP contribution in [0.2, 0.25) is 5.02 Å². The van der Waals surface area contributed by atoms with Crippen molar-refractivity contribution in [2.75, 3.05) is 13.7 Å². The lowest BCUT2D eigenvalue weighted by molar-refractivity contribution is -0.336. The van der Waals surface area contributed by atoms with Crippen molar-refractivity contribution in [1.82, 2.24) is 4.57 Å². The molecule has 1 aromatic heterocycles. The van der Waals surface area contributed by atoms with E-state index in [0.29, 0.717) is 56.9 Å². The largest absolute Gasteiger partial charge is 0.497 e. The molecule has 0 spiro atoms. The lowest BCUT2D eigenvalue weighted by Gasteiger charge is -2.64. The first-order chi connectivity index (χ1) is 37.5. The Hall–Kier alpha value is -4.02. The maximum atomic E-state index is 13.0. The van der Waals surface area contributed by atoms with E-state index in [9.17, 15) is 45.0 Å². The molecule has 7 fully saturated rings. The van der Waals surface area contributed by atoms with Gasteiger partial charge in [0.25, 0.3) is 5.91 Å². The molecule has 0 radical (unpaired) electrons. The monoisotopic (exact) mass is 1120 g/mol. The minimum absolute atomic E-state index is 0.0243. The number of carboxylic acid groups (broad SMARTS) is 1. The van der Waals surface area contributed by atoms with E-state index in [1.807, 2.05) is 6.92 Å². The molecule has 8 aliphatic rings. The summed E-state index contributed by atoms with van der Waals surface area (Å²) in [5, 5.41) is 65.5. The van der Waals surface area contributed by atoms with Crippen LogP contribution < -0.4 is 4.74 Å². The summed E-state index contributed by atoms with van der Waals surface area (Å²) in [7, 11) is 1.54. The maximum Gasteiger partial charge on any atom is 0.331 e. The van der Waals surface area contributed by atoms with Crippen molar-refractivity contribution in [2.24, 2.45) is 34.5 Å². The molecule has 2 aromatic carbocycles. The number of aliphatic carboxylic acids is 1. The van der Waals surface area contributed by atoms with Gasteiger partial charge in [-0.2, -0.15) is 0 Å². The van der Waals surface area contributed by atoms with Gasteiger partial charge < -0.3 is 68.5 Å². The molecule has 20 atom stereocenters. The number of rotatable bonds is 11. The molecular weight excluding hydrogens is 1040 g/mol. The number of aliphatic hydroxyl groups excluding tert-OH is 4. The van der Waals surface area contributed by atoms with Gasteiger partial charge in [-0.15, -0.1) is 0 Å². The number of nitrogens with zero attached hydrogens (tertiary/aromatic N) is 1. The van der Waals surface area contributed by atoms with E-state index in [2.05, 4.69) is 13.8 Å². The predicted molar refractivity (Wildman–Crippen MR) is 287 cm³/mol. The van der Waals surface area contributed by atoms with E-state index in [4.69, 9.17) is 49.5 Å². The van der Waals surface area contributed by atoms with Gasteiger partial charge in [-0.05, 0) is 168 Å². The Morgan fingerprint density at radius 2 is 1.39 bits per heavy atom. The summed E-state index contributed by atoms with van der Waals surface area (Å²) in [5.41, 5.74) is 2.54. The highest BCUT2D eigenvalue weighted by molar-refractivity contribution is 6.30. The van der Waals surface area contributed by atoms with Crippen molar-refractivity contribution in [3.63, 3.8) is 0 Å². The molecule has 434 valence electrons. The number of hydrogen-bond donors (Lipinski definition) is 6. The summed E-state index contributed by atoms with van der Waals surface area (Å²) in [4.78, 5) is 36.2. The van der Waals surface area contributed by atoms with Crippen molar-refractivity contribution in [1.29, 1.82) is 0 Å². The van der Waals surface area contributed by atoms with Gasteiger partial charge in [-0.25, -0.2) is 4.79 Å². The Morgan fingerprint density at radius 3 is 1.99 bits per heavy atom. The summed E-state index contributed by atoms with van der Waals surface area (Å²) >= 11 is 5.89. The highest BCUT2D eigenvalue weighted by Crippen LogP contribution is 2.70. The number of cyclic esters (lactones) is 1. The number of esters is 1. The molecule has 4 aliphatic carbocycles. The minimum Gasteiger partial charge on any atom is -0.497 e. The van der Waals surface area contributed by atoms with Crippen molar-refractivity contribution >= 4 is 40.3 Å². The lowest BCUT2D eigenvalue weighted by Crippen LogP contribution is -2.62. The van der Waals surface area contributed by atoms with E-state index >= 15 is 0 Å². The number of carbonyl (C=O) groups is 3. The lowest BCUT2D eigenvalue weighted by atomic mass is 9.43. The molecule has 0 amide bonds. The first kappa shape index (κ1) is 58.2. The SMILES string of the molecule is COc1ccc2c(c1)c(CC(=O)O)c(C)n2C(=O)c1ccc(Cl)cc1.C[C@H]1O[C@@H](O[C@H]2[C@@H](O)C[C@H](O[C@H]3[C@@H](O)C[C@H](O[C@H]4CC[C@@]5(C)[C@H](CC[C@@H]6[C@@H]5CC[C@]5(C)[C@@H](C7=CC(=O)OC7)CC[C@]65O)C4)O[C@@H]3C)O[C@@H]2C)C[C@H](O)[C@@H]1O. The van der Waals surface area contributed by atoms with E-state index < -0.39 is 85.4 Å². The van der Waals surface area contributed by atoms with Gasteiger partial charge in [-0.1, -0.05) is 25.4 Å². The maximum absolute atomic E-state index is 13.0. The highest BCUT2D eigenvalue weighted by atomic mass is 35.5. The number of halogens is 1. The first-order valence-electron chi connectivity index (χ1n) is 28.5. The Labute approximate surface area is 466 Å². The zero-order valence-corrected chi connectivity index (χ0v) is 47.1. The van der Waals surface area contributed by atoms with Crippen molar-refractivity contribution < 1.29 is 82.9 Å². The number of fused-ring (bicyclic) bond motifs is 6. The molecule has 5 heterocycles. The van der Waals surface area contributed by atoms with E-state index in [1.165, 1.54) is 4.57 Å². The number of ether oxygens (including phenoxy) is 8. The Morgan fingerprint density at radius 1 is 0.759 bits per heavy atom. The van der Waals surface area contributed by atoms with Gasteiger partial charge in [0.1, 0.15) is 30.7 Å². The third kappa shape index (κ3) is 11.1. The smallest absolute Gasteiger partial charge is 0.331 e. The fraction of sp³-hybridized carbons (Fsp3) is 0.683. The molecule has 0 bridgehead atoms. The molecule has 6 N–H and O–H groups in total. The molecule has 4 saturated carbocycles. The second-order valence-corrected chi connectivity index (χ2v) is 24.8. The number of methoxy groups -OCH3 is 1. The van der Waals surface area contributed by atoms with Crippen LogP contribution in [0.5, 0.6) is 5.75 Å². The molecule has 18 nitrogen and oxygen atoms in total. The number of carbonyl (C=O) groups excluding carboxylic acids is 2. The Bertz CT molecular complexity index is 2710. The zero-order valence-electron chi connectivity index (χ0n) is 46.3. The van der Waals surface area contributed by atoms with Crippen molar-refractivity contribution in [2.45, 2.75) is 211 Å². The summed E-state index contributed by atoms with van der Waals surface area (Å²) in [6, 6.07) is 11.9. The topological polar surface area (TPSA) is 251 Å². The van der Waals surface area contributed by atoms with Gasteiger partial charge >= 0.3 is 11.9 Å². The molecule has 4 aliphatic heterocycles. The number of hydrogen-bond acceptors (Lipinski definition) is 16. The molecule has 11 rings (SSSR count). The van der Waals surface area contributed by atoms with E-state index in [1.54, 1.807) is 76.4 Å². The molecule has 3 saturated heterocycles. The average molecular weight is 1120 g/mol. The summed E-state index contributed by atoms with van der Waals surface area (Å²) in [5.74, 6) is 0.550. The van der Waals surface area contributed by atoms with Crippen LogP contribution in [0.4, 0.5) is 0 Å². The number of carboxylic acids is 1. The molecule has 79 heavy (non-hydrogen) atoms. The van der Waals surface area contributed by atoms with Crippen LogP contribution in [0, 0.1) is 41.4 Å². The second-order valence-electron chi connectivity index (χ2n) is 24.4. The van der Waals surface area contributed by atoms with Gasteiger partial charge in [0, 0.05) is 52.4 Å². The zero-order chi connectivity index (χ0) is 56.5. The van der Waals surface area contributed by atoms with E-state index in [0.717, 1.165) is 63.4 Å². The Balaban J connectivity index is 0.000000235. The highest BCUT2D eigenvalue weighted by Gasteiger charge is 2.68. The first-order valence-corrected chi connectivity index (χ1v) is 28.8. The van der Waals surface area contributed by atoms with Gasteiger partial charge in [0.05, 0.1) is 67.4 Å². The average Bonchev–Trinajstić information content (AvgIpc) is 3.74. The van der Waals surface area contributed by atoms with Crippen LogP contribution in [-0.4, -0.2) is 152 Å². The van der Waals surface area contributed by atoms with Crippen LogP contribution in [0.15, 0.2) is 54.1 Å². The van der Waals surface area contributed by atoms with Crippen molar-refractivity contribution in [3.8, 4) is 5.75 Å². The standard InChI is InChI=1S/C41H64O13.C19H16ClNO4/c1-20-36(46)29(42)16-34(49-20)53-38-22(3)51-35(18-31(38)44)54-37-21(2)50-33(17-30(37)43)52-25-8-11-39(4)24(15-25)6-7-28-27(39)9-12-40(5)26(10-13-41(28,40)47)23-14-32(45)48-19-23;1-11-15(10-18(22)23)16-9-14(25-2)7-8-17(16)21(11)19(24)12-3-5-13(20)6-4-12/h14,20-22,24-31,33-38,42-44,46-47H,6-13,15-19H2,1-5H3;3-9H,10H2,1-2H3,(H,22,23)/t20-,21-,22-,24-,25+,26-,27+,28-,29+,30+,31+,33+,34+,35+,36-,37-,38-,39+,40-,41+;/m1./s1. The number of aliphatic hydroxyl groups is 5. The van der Waals surface area contributed by atoms with E-state index in [-0.39, 0.29) is 66.3 Å². The fourth-order valence-electron chi connectivity index (χ4n) is 15.7. The summed E-state index contributed by atoms with van der Waals surface area (Å²) in [6.07, 6.45) is 1.73. The number of aromatic nitrogens is 1. The van der Waals surface area contributed by atoms with Crippen molar-refractivity contribution in [3.05, 3.63) is 76.0 Å². The summed E-state index contributed by atoms with van der Waals surface area (Å²) < 4.78 is 49.0. The normalized spacial score (nSPS) is 41.0. The van der Waals surface area contributed by atoms with Crippen LogP contribution in [0.1, 0.15) is 133 Å². The molecule has 19 heteroatoms. The van der Waals surface area contributed by atoms with Gasteiger partial charge in [0.2, 0.25) is 0 Å². The van der Waals surface area contributed by atoms with Crippen LogP contribution in [-0.2, 0) is 49.2 Å². The van der Waals surface area contributed by atoms with Gasteiger partial charge in [-0.3, -0.25) is 14.2 Å². The molecule has 3 aromatic rings. The quantitative estimate of drug-likeness (QED) is 0.0822.